The summed E-state index contributed by atoms with van der Waals surface area (Å²) < 4.78 is 0. The normalized spacial score (nSPS) is 14.7. The van der Waals surface area contributed by atoms with E-state index in [4.69, 9.17) is 0 Å². The van der Waals surface area contributed by atoms with Crippen LogP contribution in [0.4, 0.5) is 0 Å². The van der Waals surface area contributed by atoms with Gasteiger partial charge in [-0.2, -0.15) is 0 Å². The Morgan fingerprint density at radius 1 is 1.40 bits per heavy atom. The van der Waals surface area contributed by atoms with Crippen LogP contribution in [-0.2, 0) is 0 Å². The third-order valence-corrected chi connectivity index (χ3v) is 4.52. The molecule has 0 radical (unpaired) electrons. The Hall–Kier alpha value is 0.130. The van der Waals surface area contributed by atoms with Gasteiger partial charge in [-0.1, -0.05) is 46.1 Å². The fourth-order valence-corrected chi connectivity index (χ4v) is 3.19. The van der Waals surface area contributed by atoms with Crippen molar-refractivity contribution in [1.82, 2.24) is 5.32 Å². The van der Waals surface area contributed by atoms with Crippen LogP contribution in [0.3, 0.4) is 0 Å². The first-order valence-electron chi connectivity index (χ1n) is 6.10. The standard InChI is InChI=1S/C13H28NP/c1-6-8-9-10-13(3,4)12(15-5)14-11-7-2/h7,12,14-15H,2,6,8-11H2,1,3-5H3. The highest BCUT2D eigenvalue weighted by atomic mass is 31.1. The summed E-state index contributed by atoms with van der Waals surface area (Å²) in [6.45, 7) is 14.0. The topological polar surface area (TPSA) is 12.0 Å². The predicted molar refractivity (Wildman–Crippen MR) is 74.1 cm³/mol. The molecule has 0 bridgehead atoms. The average Bonchev–Trinajstić information content (AvgIpc) is 2.19. The minimum absolute atomic E-state index is 0.422. The second-order valence-electron chi connectivity index (χ2n) is 4.86. The summed E-state index contributed by atoms with van der Waals surface area (Å²) in [6, 6.07) is 0. The number of hydrogen-bond donors (Lipinski definition) is 1. The van der Waals surface area contributed by atoms with Gasteiger partial charge in [-0.25, -0.2) is 0 Å². The van der Waals surface area contributed by atoms with Crippen LogP contribution in [0, 0.1) is 5.41 Å². The molecule has 15 heavy (non-hydrogen) atoms. The Kier molecular flexibility index (Phi) is 8.37. The summed E-state index contributed by atoms with van der Waals surface area (Å²) >= 11 is 0. The molecule has 90 valence electrons. The Labute approximate surface area is 97.9 Å². The Morgan fingerprint density at radius 3 is 2.53 bits per heavy atom. The highest BCUT2D eigenvalue weighted by Crippen LogP contribution is 2.35. The molecule has 0 aromatic carbocycles. The van der Waals surface area contributed by atoms with Gasteiger partial charge < -0.3 is 5.32 Å². The average molecular weight is 229 g/mol. The van der Waals surface area contributed by atoms with E-state index in [1.54, 1.807) is 0 Å². The van der Waals surface area contributed by atoms with Crippen LogP contribution in [0.5, 0.6) is 0 Å². The molecular formula is C13H28NP. The fraction of sp³-hybridized carbons (Fsp3) is 0.846. The van der Waals surface area contributed by atoms with E-state index in [0.717, 1.165) is 15.1 Å². The van der Waals surface area contributed by atoms with Crippen LogP contribution in [0.25, 0.3) is 0 Å². The molecule has 0 rings (SSSR count). The molecule has 0 fully saturated rings. The lowest BCUT2D eigenvalue weighted by Gasteiger charge is -2.34. The molecule has 0 heterocycles. The van der Waals surface area contributed by atoms with Crippen molar-refractivity contribution in [3.63, 3.8) is 0 Å². The van der Waals surface area contributed by atoms with E-state index in [2.05, 4.69) is 39.3 Å². The summed E-state index contributed by atoms with van der Waals surface area (Å²) in [6.07, 6.45) is 7.33. The molecule has 0 saturated heterocycles. The molecule has 0 saturated carbocycles. The first kappa shape index (κ1) is 15.1. The molecule has 1 nitrogen and oxygen atoms in total. The Bertz CT molecular complexity index is 166. The van der Waals surface area contributed by atoms with Crippen LogP contribution in [0.2, 0.25) is 0 Å². The number of rotatable bonds is 9. The third kappa shape index (κ3) is 6.33. The first-order chi connectivity index (χ1) is 7.08. The second kappa shape index (κ2) is 8.30. The van der Waals surface area contributed by atoms with Crippen LogP contribution >= 0.6 is 8.58 Å². The van der Waals surface area contributed by atoms with Crippen molar-refractivity contribution < 1.29 is 0 Å². The van der Waals surface area contributed by atoms with Crippen LogP contribution in [0.1, 0.15) is 46.5 Å². The lowest BCUT2D eigenvalue weighted by Crippen LogP contribution is -2.38. The Morgan fingerprint density at radius 2 is 2.07 bits per heavy atom. The molecule has 0 aliphatic rings. The highest BCUT2D eigenvalue weighted by Gasteiger charge is 2.26. The third-order valence-electron chi connectivity index (χ3n) is 2.96. The molecular weight excluding hydrogens is 201 g/mol. The zero-order chi connectivity index (χ0) is 11.7. The van der Waals surface area contributed by atoms with Gasteiger partial charge in [-0.3, -0.25) is 0 Å². The van der Waals surface area contributed by atoms with E-state index in [0.29, 0.717) is 11.2 Å². The molecule has 0 amide bonds. The van der Waals surface area contributed by atoms with Gasteiger partial charge >= 0.3 is 0 Å². The van der Waals surface area contributed by atoms with Crippen molar-refractivity contribution in [1.29, 1.82) is 0 Å². The maximum absolute atomic E-state index is 3.77. The minimum atomic E-state index is 0.422. The van der Waals surface area contributed by atoms with Crippen LogP contribution < -0.4 is 5.32 Å². The van der Waals surface area contributed by atoms with Gasteiger partial charge in [-0.15, -0.1) is 15.2 Å². The van der Waals surface area contributed by atoms with Gasteiger partial charge in [0.2, 0.25) is 0 Å². The predicted octanol–water partition coefficient (Wildman–Crippen LogP) is 4.00. The lowest BCUT2D eigenvalue weighted by atomic mass is 9.86. The smallest absolute Gasteiger partial charge is 0.0291 e. The van der Waals surface area contributed by atoms with E-state index >= 15 is 0 Å². The largest absolute Gasteiger partial charge is 0.306 e. The van der Waals surface area contributed by atoms with Gasteiger partial charge in [0.25, 0.3) is 0 Å². The van der Waals surface area contributed by atoms with E-state index in [9.17, 15) is 0 Å². The SMILES string of the molecule is C=CCNC(PC)C(C)(C)CCCCC. The van der Waals surface area contributed by atoms with Crippen molar-refractivity contribution in [3.8, 4) is 0 Å². The molecule has 0 aromatic rings. The highest BCUT2D eigenvalue weighted by molar-refractivity contribution is 7.37. The zero-order valence-corrected chi connectivity index (χ0v) is 11.9. The van der Waals surface area contributed by atoms with Gasteiger partial charge in [0.05, 0.1) is 0 Å². The maximum atomic E-state index is 3.77. The number of hydrogen-bond acceptors (Lipinski definition) is 1. The summed E-state index contributed by atoms with van der Waals surface area (Å²) in [5.74, 6) is 0.646. The zero-order valence-electron chi connectivity index (χ0n) is 10.9. The van der Waals surface area contributed by atoms with Gasteiger partial charge in [0, 0.05) is 12.3 Å². The summed E-state index contributed by atoms with van der Waals surface area (Å²) in [5.41, 5.74) is 0.422. The van der Waals surface area contributed by atoms with E-state index in [-0.39, 0.29) is 0 Å². The summed E-state index contributed by atoms with van der Waals surface area (Å²) in [4.78, 5) is 0. The molecule has 0 aliphatic heterocycles. The van der Waals surface area contributed by atoms with Crippen LogP contribution in [-0.4, -0.2) is 19.0 Å². The van der Waals surface area contributed by atoms with Crippen molar-refractivity contribution >= 4 is 8.58 Å². The minimum Gasteiger partial charge on any atom is -0.306 e. The molecule has 2 unspecified atom stereocenters. The summed E-state index contributed by atoms with van der Waals surface area (Å²) in [7, 11) is 0.963. The fourth-order valence-electron chi connectivity index (χ4n) is 1.95. The van der Waals surface area contributed by atoms with Crippen LogP contribution in [0.15, 0.2) is 12.7 Å². The van der Waals surface area contributed by atoms with Gasteiger partial charge in [0.1, 0.15) is 0 Å². The Balaban J connectivity index is 4.04. The van der Waals surface area contributed by atoms with Crippen molar-refractivity contribution in [3.05, 3.63) is 12.7 Å². The molecule has 1 N–H and O–H groups in total. The first-order valence-corrected chi connectivity index (χ1v) is 7.67. The number of unbranched alkanes of at least 4 members (excludes halogenated alkanes) is 2. The van der Waals surface area contributed by atoms with Crippen molar-refractivity contribution in [2.75, 3.05) is 13.2 Å². The monoisotopic (exact) mass is 229 g/mol. The quantitative estimate of drug-likeness (QED) is 0.358. The molecule has 0 spiro atoms. The number of nitrogens with one attached hydrogen (secondary N) is 1. The van der Waals surface area contributed by atoms with Gasteiger partial charge in [0.15, 0.2) is 0 Å². The van der Waals surface area contributed by atoms with E-state index in [1.165, 1.54) is 25.7 Å². The van der Waals surface area contributed by atoms with Crippen molar-refractivity contribution in [2.45, 2.75) is 52.2 Å². The van der Waals surface area contributed by atoms with Gasteiger partial charge in [-0.05, 0) is 18.5 Å². The van der Waals surface area contributed by atoms with Crippen molar-refractivity contribution in [2.24, 2.45) is 5.41 Å². The van der Waals surface area contributed by atoms with E-state index < -0.39 is 0 Å². The maximum Gasteiger partial charge on any atom is 0.0291 e. The molecule has 2 heteroatoms. The van der Waals surface area contributed by atoms with E-state index in [1.807, 2.05) is 6.08 Å². The lowest BCUT2D eigenvalue weighted by molar-refractivity contribution is 0.282. The molecule has 2 atom stereocenters. The second-order valence-corrected chi connectivity index (χ2v) is 6.02. The summed E-state index contributed by atoms with van der Waals surface area (Å²) in [5, 5.41) is 3.58. The molecule has 0 aliphatic carbocycles. The molecule has 0 aromatic heterocycles.